The zero-order valence-corrected chi connectivity index (χ0v) is 15.3. The van der Waals surface area contributed by atoms with Crippen molar-refractivity contribution in [1.82, 2.24) is 4.98 Å². The molecule has 28 heavy (non-hydrogen) atoms. The number of benzene rings is 2. The number of hydrogen-bond acceptors (Lipinski definition) is 4. The van der Waals surface area contributed by atoms with Gasteiger partial charge in [-0.05, 0) is 50.6 Å². The van der Waals surface area contributed by atoms with Crippen LogP contribution < -0.4 is 4.90 Å². The topological polar surface area (TPSA) is 77.0 Å². The quantitative estimate of drug-likeness (QED) is 0.659. The molecular weight excluding hydrogens is 371 g/mol. The van der Waals surface area contributed by atoms with Crippen LogP contribution in [-0.2, 0) is 9.59 Å². The fourth-order valence-corrected chi connectivity index (χ4v) is 2.99. The highest BCUT2D eigenvalue weighted by atomic mass is 19.2. The van der Waals surface area contributed by atoms with E-state index in [1.807, 2.05) is 26.8 Å². The molecule has 0 aliphatic heterocycles. The molecule has 8 heteroatoms. The van der Waals surface area contributed by atoms with E-state index < -0.39 is 17.5 Å². The summed E-state index contributed by atoms with van der Waals surface area (Å²) in [7, 11) is 0. The van der Waals surface area contributed by atoms with Crippen molar-refractivity contribution < 1.29 is 22.8 Å². The van der Waals surface area contributed by atoms with Gasteiger partial charge in [-0.3, -0.25) is 0 Å². The van der Waals surface area contributed by atoms with E-state index in [1.165, 1.54) is 6.07 Å². The number of hydrogen-bond donors (Lipinski definition) is 1. The lowest BCUT2D eigenvalue weighted by molar-refractivity contribution is -0.191. The minimum absolute atomic E-state index is 0.0518. The largest absolute Gasteiger partial charge is 0.373 e. The Labute approximate surface area is 159 Å². The third-order valence-corrected chi connectivity index (χ3v) is 4.19. The lowest BCUT2D eigenvalue weighted by Crippen LogP contribution is -2.27. The summed E-state index contributed by atoms with van der Waals surface area (Å²) in [6, 6.07) is 9.19. The fraction of sp³-hybridized carbons (Fsp3) is 0.200. The maximum Gasteiger partial charge on any atom is 0.373 e. The molecule has 1 heterocycles. The Morgan fingerprint density at radius 1 is 1.07 bits per heavy atom. The maximum atomic E-state index is 14.4. The molecule has 0 aliphatic rings. The average molecular weight is 387 g/mol. The molecule has 144 valence electrons. The molecule has 1 N–H and O–H groups in total. The second-order valence-electron chi connectivity index (χ2n) is 6.21. The van der Waals surface area contributed by atoms with Gasteiger partial charge >= 0.3 is 6.15 Å². The number of rotatable bonds is 3. The number of carbonyl (C=O) groups excluding carboxylic acids is 2. The zero-order valence-electron chi connectivity index (χ0n) is 15.3. The van der Waals surface area contributed by atoms with Crippen molar-refractivity contribution >= 4 is 28.6 Å². The highest BCUT2D eigenvalue weighted by Gasteiger charge is 2.24. The number of nitrogens with zero attached hydrogens (tertiary/aromatic N) is 2. The van der Waals surface area contributed by atoms with Gasteiger partial charge < -0.3 is 9.88 Å². The predicted octanol–water partition coefficient (Wildman–Crippen LogP) is 4.73. The van der Waals surface area contributed by atoms with Crippen molar-refractivity contribution in [2.75, 3.05) is 4.90 Å². The molecule has 3 aromatic rings. The Hall–Kier alpha value is -3.56. The van der Waals surface area contributed by atoms with Crippen molar-refractivity contribution in [1.29, 1.82) is 5.26 Å². The Bertz CT molecular complexity index is 1090. The van der Waals surface area contributed by atoms with Gasteiger partial charge in [-0.2, -0.15) is 14.9 Å². The van der Waals surface area contributed by atoms with Gasteiger partial charge in [0.25, 0.3) is 0 Å². The maximum absolute atomic E-state index is 14.4. The van der Waals surface area contributed by atoms with Gasteiger partial charge in [-0.1, -0.05) is 6.07 Å². The van der Waals surface area contributed by atoms with Crippen molar-refractivity contribution in [3.63, 3.8) is 0 Å². The first-order valence-electron chi connectivity index (χ1n) is 8.21. The van der Waals surface area contributed by atoms with Crippen LogP contribution in [0.25, 0.3) is 10.9 Å². The Kier molecular flexibility index (Phi) is 6.24. The molecule has 5 nitrogen and oxygen atoms in total. The van der Waals surface area contributed by atoms with Gasteiger partial charge in [-0.15, -0.1) is 0 Å². The molecule has 1 aromatic heterocycles. The zero-order chi connectivity index (χ0) is 21.0. The molecule has 0 spiro atoms. The molecule has 0 radical (unpaired) electrons. The summed E-state index contributed by atoms with van der Waals surface area (Å²) in [5.41, 5.74) is 2.00. The van der Waals surface area contributed by atoms with Crippen LogP contribution in [0.4, 0.5) is 24.7 Å². The van der Waals surface area contributed by atoms with E-state index in [2.05, 4.69) is 11.1 Å². The summed E-state index contributed by atoms with van der Waals surface area (Å²) >= 11 is 0. The lowest BCUT2D eigenvalue weighted by atomic mass is 10.1. The SMILES string of the molecule is Cc1c(N(c2ccc(F)c(F)c2F)C(C)C)[nH]c2cc(C#N)ccc12.O=C=O. The van der Waals surface area contributed by atoms with Gasteiger partial charge in [0.15, 0.2) is 17.5 Å². The molecule has 0 unspecified atom stereocenters. The van der Waals surface area contributed by atoms with Gasteiger partial charge in [0, 0.05) is 16.9 Å². The van der Waals surface area contributed by atoms with E-state index in [4.69, 9.17) is 14.9 Å². The smallest absolute Gasteiger partial charge is 0.341 e. The lowest BCUT2D eigenvalue weighted by Gasteiger charge is -2.29. The number of nitriles is 1. The third-order valence-electron chi connectivity index (χ3n) is 4.19. The molecule has 0 saturated carbocycles. The van der Waals surface area contributed by atoms with Crippen LogP contribution in [0.3, 0.4) is 0 Å². The summed E-state index contributed by atoms with van der Waals surface area (Å²) in [6.07, 6.45) is 0.250. The number of halogens is 3. The van der Waals surface area contributed by atoms with Crippen LogP contribution in [0.1, 0.15) is 25.0 Å². The second kappa shape index (κ2) is 8.42. The van der Waals surface area contributed by atoms with E-state index >= 15 is 0 Å². The summed E-state index contributed by atoms with van der Waals surface area (Å²) in [6.45, 7) is 5.51. The fourth-order valence-electron chi connectivity index (χ4n) is 2.99. The molecule has 0 aliphatic carbocycles. The van der Waals surface area contributed by atoms with Crippen LogP contribution >= 0.6 is 0 Å². The second-order valence-corrected chi connectivity index (χ2v) is 6.21. The molecular formula is C20H16F3N3O2. The Morgan fingerprint density at radius 3 is 2.29 bits per heavy atom. The third kappa shape index (κ3) is 3.75. The highest BCUT2D eigenvalue weighted by Crippen LogP contribution is 2.36. The van der Waals surface area contributed by atoms with Crippen LogP contribution in [0.5, 0.6) is 0 Å². The summed E-state index contributed by atoms with van der Waals surface area (Å²) in [4.78, 5) is 21.0. The number of aromatic amines is 1. The number of anilines is 2. The molecule has 0 amide bonds. The summed E-state index contributed by atoms with van der Waals surface area (Å²) in [5, 5.41) is 9.92. The Morgan fingerprint density at radius 2 is 1.71 bits per heavy atom. The van der Waals surface area contributed by atoms with Gasteiger partial charge in [0.05, 0.1) is 17.3 Å². The first-order valence-corrected chi connectivity index (χ1v) is 8.21. The minimum atomic E-state index is -1.50. The number of aromatic nitrogens is 1. The normalized spacial score (nSPS) is 10.2. The molecule has 0 saturated heterocycles. The highest BCUT2D eigenvalue weighted by molar-refractivity contribution is 5.91. The van der Waals surface area contributed by atoms with E-state index in [1.54, 1.807) is 17.0 Å². The van der Waals surface area contributed by atoms with Crippen molar-refractivity contribution in [3.8, 4) is 6.07 Å². The first-order chi connectivity index (χ1) is 13.3. The molecule has 0 fully saturated rings. The van der Waals surface area contributed by atoms with Gasteiger partial charge in [0.1, 0.15) is 5.82 Å². The van der Waals surface area contributed by atoms with Gasteiger partial charge in [0.2, 0.25) is 0 Å². The Balaban J connectivity index is 0.000000878. The molecule has 2 aromatic carbocycles. The van der Waals surface area contributed by atoms with Crippen molar-refractivity contribution in [2.45, 2.75) is 26.8 Å². The monoisotopic (exact) mass is 387 g/mol. The van der Waals surface area contributed by atoms with E-state index in [0.29, 0.717) is 11.4 Å². The number of aryl methyl sites for hydroxylation is 1. The van der Waals surface area contributed by atoms with Crippen molar-refractivity contribution in [2.24, 2.45) is 0 Å². The summed E-state index contributed by atoms with van der Waals surface area (Å²) < 4.78 is 41.3. The average Bonchev–Trinajstić information content (AvgIpc) is 2.98. The molecule has 0 bridgehead atoms. The predicted molar refractivity (Wildman–Crippen MR) is 96.3 cm³/mol. The van der Waals surface area contributed by atoms with E-state index in [0.717, 1.165) is 22.5 Å². The summed E-state index contributed by atoms with van der Waals surface area (Å²) in [5.74, 6) is -3.38. The number of fused-ring (bicyclic) bond motifs is 1. The molecule has 0 atom stereocenters. The van der Waals surface area contributed by atoms with E-state index in [-0.39, 0.29) is 17.9 Å². The number of H-pyrrole nitrogens is 1. The van der Waals surface area contributed by atoms with Gasteiger partial charge in [-0.25, -0.2) is 13.2 Å². The number of nitrogens with one attached hydrogen (secondary N) is 1. The molecule has 3 rings (SSSR count). The van der Waals surface area contributed by atoms with Crippen LogP contribution in [0.15, 0.2) is 30.3 Å². The van der Waals surface area contributed by atoms with E-state index in [9.17, 15) is 13.2 Å². The van der Waals surface area contributed by atoms with Crippen LogP contribution in [-0.4, -0.2) is 17.2 Å². The van der Waals surface area contributed by atoms with Crippen LogP contribution in [0.2, 0.25) is 0 Å². The standard InChI is InChI=1S/C19H16F3N3.CO2/c1-10(2)25(16-7-6-14(20)17(21)18(16)22)19-11(3)13-5-4-12(9-23)8-15(13)24-19;2-1-3/h4-8,10,24H,1-3H3;. The minimum Gasteiger partial charge on any atom is -0.341 e. The van der Waals surface area contributed by atoms with Crippen LogP contribution in [0, 0.1) is 35.7 Å². The van der Waals surface area contributed by atoms with Crippen molar-refractivity contribution in [3.05, 3.63) is 58.9 Å². The first kappa shape index (κ1) is 20.7.